The molecule has 0 spiro atoms. The lowest BCUT2D eigenvalue weighted by Gasteiger charge is -2.48. The minimum Gasteiger partial charge on any atom is -0.463 e. The van der Waals surface area contributed by atoms with Crippen LogP contribution in [-0.2, 0) is 28.5 Å². The van der Waals surface area contributed by atoms with Crippen molar-refractivity contribution in [2.45, 2.75) is 106 Å². The SMILES string of the molecule is CC(=O)N[C@H]1[C@H](Oc2ccc([N+](=O)[O-])cc2)O[C@H](CO)[C@@H](O[C@@H]2O[C@H](CO)[C@H](O)[C@H](O[C@@H]3O[C@@H](C)[C@@H](O)[C@@H](O)[C@@H]3O)[C@H]2O)[C@@H]1O. The molecule has 4 rings (SSSR count). The number of hydrogen-bond donors (Lipinski definition) is 9. The summed E-state index contributed by atoms with van der Waals surface area (Å²) in [4.78, 5) is 22.4. The highest BCUT2D eigenvalue weighted by Crippen LogP contribution is 2.33. The molecule has 0 saturated carbocycles. The molecular formula is C26H38N2O17. The maximum absolute atomic E-state index is 12.0. The topological polar surface area (TPSA) is 289 Å². The van der Waals surface area contributed by atoms with E-state index in [1.54, 1.807) is 0 Å². The molecule has 45 heavy (non-hydrogen) atoms. The van der Waals surface area contributed by atoms with Crippen molar-refractivity contribution in [3.05, 3.63) is 34.4 Å². The molecule has 0 unspecified atom stereocenters. The van der Waals surface area contributed by atoms with Gasteiger partial charge in [0.2, 0.25) is 12.2 Å². The number of rotatable bonds is 10. The van der Waals surface area contributed by atoms with E-state index in [-0.39, 0.29) is 11.4 Å². The standard InChI is InChI=1S/C26H38N2O17/c1-9-16(32)19(35)20(36)25(40-9)45-23-17(33)13(7-29)42-26(21(23)37)44-22-14(8-30)43-24(15(18(22)34)27-10(2)31)41-12-5-3-11(4-6-12)28(38)39/h3-6,9,13-26,29-30,32-37H,7-8H2,1-2H3,(H,27,31)/t9-,13+,14+,15+,16+,17-,18+,19+,20-,21+,22+,23-,24+,25-,26-/m0/s1. The number of benzene rings is 1. The second-order valence-electron chi connectivity index (χ2n) is 10.9. The van der Waals surface area contributed by atoms with E-state index in [4.69, 9.17) is 28.4 Å². The van der Waals surface area contributed by atoms with Gasteiger partial charge >= 0.3 is 0 Å². The molecule has 1 aromatic rings. The molecule has 19 heteroatoms. The number of carbonyl (C=O) groups is 1. The van der Waals surface area contributed by atoms with Crippen LogP contribution in [0.2, 0.25) is 0 Å². The van der Waals surface area contributed by atoms with Crippen molar-refractivity contribution in [3.63, 3.8) is 0 Å². The Labute approximate surface area is 255 Å². The number of carbonyl (C=O) groups excluding carboxylic acids is 1. The molecule has 3 aliphatic heterocycles. The van der Waals surface area contributed by atoms with Gasteiger partial charge in [-0.2, -0.15) is 0 Å². The summed E-state index contributed by atoms with van der Waals surface area (Å²) >= 11 is 0. The number of nitrogens with one attached hydrogen (secondary N) is 1. The zero-order valence-electron chi connectivity index (χ0n) is 24.1. The number of hydrogen-bond acceptors (Lipinski definition) is 17. The molecule has 1 aromatic carbocycles. The molecule has 9 N–H and O–H groups in total. The van der Waals surface area contributed by atoms with Crippen molar-refractivity contribution >= 4 is 11.6 Å². The van der Waals surface area contributed by atoms with Crippen LogP contribution in [0.25, 0.3) is 0 Å². The fourth-order valence-corrected chi connectivity index (χ4v) is 5.27. The van der Waals surface area contributed by atoms with Gasteiger partial charge in [-0.25, -0.2) is 0 Å². The third-order valence-electron chi connectivity index (χ3n) is 7.74. The Bertz CT molecular complexity index is 1140. The minimum absolute atomic E-state index is 0.0640. The fourth-order valence-electron chi connectivity index (χ4n) is 5.27. The number of aliphatic hydroxyl groups is 8. The van der Waals surface area contributed by atoms with Gasteiger partial charge < -0.3 is 74.6 Å². The maximum Gasteiger partial charge on any atom is 0.269 e. The van der Waals surface area contributed by atoms with Gasteiger partial charge in [-0.05, 0) is 19.1 Å². The van der Waals surface area contributed by atoms with Crippen molar-refractivity contribution in [3.8, 4) is 5.75 Å². The van der Waals surface area contributed by atoms with Gasteiger partial charge in [0.1, 0.15) is 72.8 Å². The highest BCUT2D eigenvalue weighted by atomic mass is 16.8. The quantitative estimate of drug-likeness (QED) is 0.0853. The van der Waals surface area contributed by atoms with Crippen LogP contribution >= 0.6 is 0 Å². The predicted octanol–water partition coefficient (Wildman–Crippen LogP) is -4.41. The zero-order chi connectivity index (χ0) is 33.2. The van der Waals surface area contributed by atoms with E-state index in [0.29, 0.717) is 0 Å². The minimum atomic E-state index is -1.90. The summed E-state index contributed by atoms with van der Waals surface area (Å²) < 4.78 is 33.8. The third-order valence-corrected chi connectivity index (χ3v) is 7.74. The first-order valence-corrected chi connectivity index (χ1v) is 14.0. The molecule has 254 valence electrons. The van der Waals surface area contributed by atoms with E-state index in [9.17, 15) is 55.8 Å². The summed E-state index contributed by atoms with van der Waals surface area (Å²) in [7, 11) is 0. The summed E-state index contributed by atoms with van der Waals surface area (Å²) in [5.74, 6) is -0.561. The number of nitro groups is 1. The van der Waals surface area contributed by atoms with Crippen LogP contribution in [0.15, 0.2) is 24.3 Å². The fraction of sp³-hybridized carbons (Fsp3) is 0.731. The van der Waals surface area contributed by atoms with Crippen molar-refractivity contribution < 1.29 is 79.0 Å². The van der Waals surface area contributed by atoms with Gasteiger partial charge in [-0.15, -0.1) is 0 Å². The molecule has 3 aliphatic rings. The predicted molar refractivity (Wildman–Crippen MR) is 143 cm³/mol. The molecule has 0 radical (unpaired) electrons. The molecule has 15 atom stereocenters. The number of ether oxygens (including phenoxy) is 6. The largest absolute Gasteiger partial charge is 0.463 e. The molecule has 19 nitrogen and oxygen atoms in total. The Balaban J connectivity index is 1.54. The Morgan fingerprint density at radius 3 is 1.96 bits per heavy atom. The molecule has 3 saturated heterocycles. The van der Waals surface area contributed by atoms with Gasteiger partial charge in [0.15, 0.2) is 12.6 Å². The third kappa shape index (κ3) is 7.68. The highest BCUT2D eigenvalue weighted by Gasteiger charge is 2.54. The summed E-state index contributed by atoms with van der Waals surface area (Å²) in [6.07, 6.45) is -22.3. The maximum atomic E-state index is 12.0. The van der Waals surface area contributed by atoms with Gasteiger partial charge in [-0.3, -0.25) is 14.9 Å². The Hall–Kier alpha value is -2.63. The molecule has 0 bridgehead atoms. The van der Waals surface area contributed by atoms with Gasteiger partial charge in [-0.1, -0.05) is 0 Å². The zero-order valence-corrected chi connectivity index (χ0v) is 24.1. The lowest BCUT2D eigenvalue weighted by Crippen LogP contribution is -2.68. The van der Waals surface area contributed by atoms with Crippen molar-refractivity contribution in [1.82, 2.24) is 5.32 Å². The number of amides is 1. The Kier molecular flexibility index (Phi) is 11.6. The van der Waals surface area contributed by atoms with Crippen molar-refractivity contribution in [2.24, 2.45) is 0 Å². The number of aliphatic hydroxyl groups excluding tert-OH is 8. The van der Waals surface area contributed by atoms with Gasteiger partial charge in [0, 0.05) is 19.1 Å². The smallest absolute Gasteiger partial charge is 0.269 e. The number of nitro benzene ring substituents is 1. The lowest BCUT2D eigenvalue weighted by molar-refractivity contribution is -0.384. The van der Waals surface area contributed by atoms with Crippen LogP contribution in [0.5, 0.6) is 5.75 Å². The lowest BCUT2D eigenvalue weighted by atomic mass is 9.95. The average Bonchev–Trinajstić information content (AvgIpc) is 3.00. The second-order valence-corrected chi connectivity index (χ2v) is 10.9. The Morgan fingerprint density at radius 1 is 0.800 bits per heavy atom. The van der Waals surface area contributed by atoms with E-state index < -0.39 is 116 Å². The van der Waals surface area contributed by atoms with Crippen molar-refractivity contribution in [1.29, 1.82) is 0 Å². The van der Waals surface area contributed by atoms with Gasteiger partial charge in [0.25, 0.3) is 5.69 Å². The van der Waals surface area contributed by atoms with E-state index in [2.05, 4.69) is 5.32 Å². The number of non-ortho nitro benzene ring substituents is 1. The molecule has 0 aromatic heterocycles. The Morgan fingerprint density at radius 2 is 1.38 bits per heavy atom. The first-order chi connectivity index (χ1) is 21.3. The number of nitrogens with zero attached hydrogens (tertiary/aromatic N) is 1. The van der Waals surface area contributed by atoms with Crippen LogP contribution in [-0.4, -0.2) is 157 Å². The average molecular weight is 651 g/mol. The molecule has 3 fully saturated rings. The van der Waals surface area contributed by atoms with E-state index in [1.807, 2.05) is 0 Å². The van der Waals surface area contributed by atoms with Crippen molar-refractivity contribution in [2.75, 3.05) is 13.2 Å². The molecule has 0 aliphatic carbocycles. The van der Waals surface area contributed by atoms with Crippen LogP contribution in [0.3, 0.4) is 0 Å². The van der Waals surface area contributed by atoms with Crippen LogP contribution in [0, 0.1) is 10.1 Å². The van der Waals surface area contributed by atoms with E-state index >= 15 is 0 Å². The second kappa shape index (κ2) is 14.9. The van der Waals surface area contributed by atoms with Crippen LogP contribution < -0.4 is 10.1 Å². The van der Waals surface area contributed by atoms with Crippen LogP contribution in [0.1, 0.15) is 13.8 Å². The molecular weight excluding hydrogens is 612 g/mol. The highest BCUT2D eigenvalue weighted by molar-refractivity contribution is 5.73. The summed E-state index contributed by atoms with van der Waals surface area (Å²) in [5.41, 5.74) is -0.223. The summed E-state index contributed by atoms with van der Waals surface area (Å²) in [6, 6.07) is 3.47. The summed E-state index contributed by atoms with van der Waals surface area (Å²) in [5, 5.41) is 97.0. The van der Waals surface area contributed by atoms with E-state index in [0.717, 1.165) is 19.1 Å². The molecule has 3 heterocycles. The monoisotopic (exact) mass is 650 g/mol. The normalized spacial score (nSPS) is 42.1. The van der Waals surface area contributed by atoms with Crippen LogP contribution in [0.4, 0.5) is 5.69 Å². The first-order valence-electron chi connectivity index (χ1n) is 14.0. The molecule has 1 amide bonds. The van der Waals surface area contributed by atoms with Gasteiger partial charge in [0.05, 0.1) is 24.2 Å². The summed E-state index contributed by atoms with van der Waals surface area (Å²) in [6.45, 7) is 0.931. The first kappa shape index (κ1) is 35.2. The van der Waals surface area contributed by atoms with E-state index in [1.165, 1.54) is 19.1 Å².